The van der Waals surface area contributed by atoms with E-state index in [2.05, 4.69) is 103 Å². The average molecular weight is 536 g/mol. The van der Waals surface area contributed by atoms with Crippen LogP contribution in [-0.2, 0) is 10.1 Å². The van der Waals surface area contributed by atoms with Crippen LogP contribution in [-0.4, -0.2) is 23.8 Å². The van der Waals surface area contributed by atoms with Crippen LogP contribution in [0.1, 0.15) is 49.9 Å². The Balaban J connectivity index is 1.49. The molecule has 202 valence electrons. The van der Waals surface area contributed by atoms with Crippen LogP contribution in [0.4, 0.5) is 0 Å². The molecule has 4 heteroatoms. The maximum absolute atomic E-state index is 10.7. The third-order valence-electron chi connectivity index (χ3n) is 9.24. The molecule has 0 saturated carbocycles. The lowest BCUT2D eigenvalue weighted by Crippen LogP contribution is -2.49. The zero-order valence-electron chi connectivity index (χ0n) is 23.9. The highest BCUT2D eigenvalue weighted by Gasteiger charge is 2.46. The third kappa shape index (κ3) is 3.82. The summed E-state index contributed by atoms with van der Waals surface area (Å²) >= 11 is 0. The molecule has 1 aromatic heterocycles. The molecule has 0 saturated heterocycles. The summed E-state index contributed by atoms with van der Waals surface area (Å²) in [6, 6.07) is 41.2. The van der Waals surface area contributed by atoms with Crippen LogP contribution in [0, 0.1) is 0 Å². The number of aliphatic hydroxyl groups is 1. The standard InChI is InChI=1S/C37H33BO3/c1-35(2,39)36(3,4)41-38-31-19-12-20-33-34(31)28-23-25(21-22-32(28)40-33)37(24-13-6-5-7-14-24)29-17-10-8-15-26(29)27-16-9-11-18-30(27)37/h5-23,38-39H,1-4H3. The van der Waals surface area contributed by atoms with E-state index < -0.39 is 16.6 Å². The lowest BCUT2D eigenvalue weighted by atomic mass is 9.67. The number of hydrogen-bond donors (Lipinski definition) is 1. The number of furan rings is 1. The molecule has 0 spiro atoms. The van der Waals surface area contributed by atoms with Crippen LogP contribution >= 0.6 is 0 Å². The van der Waals surface area contributed by atoms with Crippen molar-refractivity contribution in [2.24, 2.45) is 0 Å². The van der Waals surface area contributed by atoms with Gasteiger partial charge in [-0.05, 0) is 84.7 Å². The predicted octanol–water partition coefficient (Wildman–Crippen LogP) is 7.49. The predicted molar refractivity (Wildman–Crippen MR) is 169 cm³/mol. The first-order chi connectivity index (χ1) is 19.7. The molecular weight excluding hydrogens is 503 g/mol. The average Bonchev–Trinajstić information content (AvgIpc) is 3.50. The fraction of sp³-hybridized carbons (Fsp3) is 0.189. The molecule has 0 unspecified atom stereocenters. The Hall–Kier alpha value is -4.12. The fourth-order valence-corrected chi connectivity index (χ4v) is 6.40. The van der Waals surface area contributed by atoms with Gasteiger partial charge in [0.05, 0.1) is 16.6 Å². The Labute approximate surface area is 241 Å². The quantitative estimate of drug-likeness (QED) is 0.224. The Morgan fingerprint density at radius 1 is 0.659 bits per heavy atom. The molecule has 1 aliphatic carbocycles. The lowest BCUT2D eigenvalue weighted by molar-refractivity contribution is -0.0893. The largest absolute Gasteiger partial charge is 0.456 e. The van der Waals surface area contributed by atoms with E-state index in [0.29, 0.717) is 7.48 Å². The zero-order chi connectivity index (χ0) is 28.4. The van der Waals surface area contributed by atoms with Crippen molar-refractivity contribution >= 4 is 34.9 Å². The molecule has 0 bridgehead atoms. The number of fused-ring (bicyclic) bond motifs is 6. The summed E-state index contributed by atoms with van der Waals surface area (Å²) in [6.07, 6.45) is 0. The highest BCUT2D eigenvalue weighted by Crippen LogP contribution is 2.56. The van der Waals surface area contributed by atoms with Gasteiger partial charge in [-0.15, -0.1) is 0 Å². The normalized spacial score (nSPS) is 14.3. The van der Waals surface area contributed by atoms with E-state index in [1.54, 1.807) is 13.8 Å². The number of rotatable bonds is 6. The van der Waals surface area contributed by atoms with E-state index >= 15 is 0 Å². The molecule has 1 aliphatic rings. The van der Waals surface area contributed by atoms with Crippen molar-refractivity contribution in [1.29, 1.82) is 0 Å². The van der Waals surface area contributed by atoms with E-state index in [0.717, 1.165) is 27.4 Å². The van der Waals surface area contributed by atoms with Crippen LogP contribution in [0.3, 0.4) is 0 Å². The molecule has 7 rings (SSSR count). The monoisotopic (exact) mass is 536 g/mol. The molecular formula is C37H33BO3. The van der Waals surface area contributed by atoms with E-state index in [1.807, 2.05) is 26.0 Å². The van der Waals surface area contributed by atoms with Gasteiger partial charge in [0, 0.05) is 10.8 Å². The molecule has 3 nitrogen and oxygen atoms in total. The van der Waals surface area contributed by atoms with Crippen molar-refractivity contribution in [2.75, 3.05) is 0 Å². The summed E-state index contributed by atoms with van der Waals surface area (Å²) in [5, 5.41) is 12.8. The van der Waals surface area contributed by atoms with Gasteiger partial charge in [-0.3, -0.25) is 0 Å². The molecule has 1 N–H and O–H groups in total. The maximum atomic E-state index is 10.7. The second kappa shape index (κ2) is 9.20. The van der Waals surface area contributed by atoms with E-state index in [1.165, 1.54) is 33.4 Å². The molecule has 0 atom stereocenters. The zero-order valence-corrected chi connectivity index (χ0v) is 23.9. The molecule has 0 radical (unpaired) electrons. The Morgan fingerprint density at radius 3 is 1.95 bits per heavy atom. The van der Waals surface area contributed by atoms with Gasteiger partial charge in [0.25, 0.3) is 0 Å². The Morgan fingerprint density at radius 2 is 1.29 bits per heavy atom. The molecule has 1 heterocycles. The first kappa shape index (κ1) is 25.8. The second-order valence-electron chi connectivity index (χ2n) is 12.2. The van der Waals surface area contributed by atoms with Gasteiger partial charge >= 0.3 is 7.48 Å². The van der Waals surface area contributed by atoms with Crippen LogP contribution in [0.25, 0.3) is 33.1 Å². The fourth-order valence-electron chi connectivity index (χ4n) is 6.40. The van der Waals surface area contributed by atoms with Crippen molar-refractivity contribution in [2.45, 2.75) is 44.3 Å². The molecule has 5 aromatic carbocycles. The lowest BCUT2D eigenvalue weighted by Gasteiger charge is -2.37. The topological polar surface area (TPSA) is 42.6 Å². The van der Waals surface area contributed by atoms with Crippen molar-refractivity contribution in [1.82, 2.24) is 0 Å². The molecule has 41 heavy (non-hydrogen) atoms. The van der Waals surface area contributed by atoms with Crippen LogP contribution in [0.15, 0.2) is 120 Å². The minimum atomic E-state index is -0.988. The first-order valence-corrected chi connectivity index (χ1v) is 14.3. The van der Waals surface area contributed by atoms with Gasteiger partial charge in [0.2, 0.25) is 0 Å². The summed E-state index contributed by atoms with van der Waals surface area (Å²) in [5.41, 5.74) is 8.08. The van der Waals surface area contributed by atoms with Crippen LogP contribution in [0.5, 0.6) is 0 Å². The second-order valence-corrected chi connectivity index (χ2v) is 12.2. The summed E-state index contributed by atoms with van der Waals surface area (Å²) in [4.78, 5) is 0. The van der Waals surface area contributed by atoms with Gasteiger partial charge in [-0.1, -0.05) is 97.1 Å². The van der Waals surface area contributed by atoms with Crippen molar-refractivity contribution in [3.05, 3.63) is 138 Å². The SMILES string of the molecule is CC(C)(O)C(C)(C)OBc1cccc2oc3ccc(C4(c5ccccc5)c5ccccc5-c5ccccc54)cc3c12. The van der Waals surface area contributed by atoms with Gasteiger partial charge < -0.3 is 14.2 Å². The number of hydrogen-bond acceptors (Lipinski definition) is 3. The molecule has 6 aromatic rings. The Bertz CT molecular complexity index is 1860. The van der Waals surface area contributed by atoms with Gasteiger partial charge in [-0.2, -0.15) is 0 Å². The van der Waals surface area contributed by atoms with Crippen molar-refractivity contribution < 1.29 is 14.2 Å². The molecule has 0 aliphatic heterocycles. The number of benzene rings is 5. The highest BCUT2D eigenvalue weighted by molar-refractivity contribution is 6.52. The van der Waals surface area contributed by atoms with E-state index in [4.69, 9.17) is 9.07 Å². The Kier molecular flexibility index (Phi) is 5.80. The summed E-state index contributed by atoms with van der Waals surface area (Å²) < 4.78 is 12.7. The van der Waals surface area contributed by atoms with Crippen LogP contribution in [0.2, 0.25) is 0 Å². The summed E-state index contributed by atoms with van der Waals surface area (Å²) in [5.74, 6) is 0. The van der Waals surface area contributed by atoms with Gasteiger partial charge in [0.1, 0.15) is 11.2 Å². The highest BCUT2D eigenvalue weighted by atomic mass is 16.5. The minimum Gasteiger partial charge on any atom is -0.456 e. The molecule has 0 amide bonds. The summed E-state index contributed by atoms with van der Waals surface area (Å²) in [6.45, 7) is 7.43. The van der Waals surface area contributed by atoms with E-state index in [-0.39, 0.29) is 0 Å². The smallest absolute Gasteiger partial charge is 0.310 e. The van der Waals surface area contributed by atoms with Gasteiger partial charge in [-0.25, -0.2) is 0 Å². The minimum absolute atomic E-state index is 0.364. The van der Waals surface area contributed by atoms with Crippen molar-refractivity contribution in [3.8, 4) is 11.1 Å². The first-order valence-electron chi connectivity index (χ1n) is 14.3. The van der Waals surface area contributed by atoms with Crippen molar-refractivity contribution in [3.63, 3.8) is 0 Å². The third-order valence-corrected chi connectivity index (χ3v) is 9.24. The van der Waals surface area contributed by atoms with E-state index in [9.17, 15) is 5.11 Å². The summed E-state index contributed by atoms with van der Waals surface area (Å²) in [7, 11) is 0.364. The van der Waals surface area contributed by atoms with Crippen LogP contribution < -0.4 is 5.46 Å². The van der Waals surface area contributed by atoms with Gasteiger partial charge in [0.15, 0.2) is 0 Å². The molecule has 0 fully saturated rings. The maximum Gasteiger partial charge on any atom is 0.310 e.